The van der Waals surface area contributed by atoms with Crippen LogP contribution in [0.3, 0.4) is 0 Å². The fraction of sp³-hybridized carbons (Fsp3) is 0.818. The summed E-state index contributed by atoms with van der Waals surface area (Å²) in [5.41, 5.74) is 0. The summed E-state index contributed by atoms with van der Waals surface area (Å²) in [6.07, 6.45) is 2.34. The second-order valence-electron chi connectivity index (χ2n) is 2.76. The standard InChI is InChI=1S/C9H17NO2.C2H6/c1-4-6-7-9(12)10(5-2)8(3)11;1-2/h4-7H2,1-3H3;1-2H3. The molecule has 84 valence electrons. The van der Waals surface area contributed by atoms with Crippen LogP contribution in [-0.4, -0.2) is 23.3 Å². The molecule has 14 heavy (non-hydrogen) atoms. The van der Waals surface area contributed by atoms with Crippen LogP contribution in [0.15, 0.2) is 0 Å². The number of rotatable bonds is 4. The third-order valence-corrected chi connectivity index (χ3v) is 1.74. The van der Waals surface area contributed by atoms with Crippen molar-refractivity contribution in [3.8, 4) is 0 Å². The van der Waals surface area contributed by atoms with Gasteiger partial charge in [0, 0.05) is 19.9 Å². The van der Waals surface area contributed by atoms with Gasteiger partial charge in [-0.3, -0.25) is 14.5 Å². The lowest BCUT2D eigenvalue weighted by Gasteiger charge is -2.16. The molecular weight excluding hydrogens is 178 g/mol. The molecule has 0 N–H and O–H groups in total. The predicted molar refractivity (Wildman–Crippen MR) is 58.9 cm³/mol. The third-order valence-electron chi connectivity index (χ3n) is 1.74. The maximum absolute atomic E-state index is 11.3. The molecule has 0 saturated heterocycles. The van der Waals surface area contributed by atoms with E-state index >= 15 is 0 Å². The Balaban J connectivity index is 0. The van der Waals surface area contributed by atoms with Gasteiger partial charge in [0.05, 0.1) is 0 Å². The van der Waals surface area contributed by atoms with Crippen molar-refractivity contribution in [1.29, 1.82) is 0 Å². The molecule has 2 amide bonds. The molecule has 0 aromatic heterocycles. The van der Waals surface area contributed by atoms with E-state index in [2.05, 4.69) is 0 Å². The molecule has 0 aliphatic rings. The van der Waals surface area contributed by atoms with Gasteiger partial charge in [0.15, 0.2) is 0 Å². The van der Waals surface area contributed by atoms with Crippen LogP contribution in [0, 0.1) is 0 Å². The summed E-state index contributed by atoms with van der Waals surface area (Å²) < 4.78 is 0. The van der Waals surface area contributed by atoms with Gasteiger partial charge in [0.1, 0.15) is 0 Å². The Morgan fingerprint density at radius 1 is 1.14 bits per heavy atom. The van der Waals surface area contributed by atoms with Gasteiger partial charge in [-0.15, -0.1) is 0 Å². The highest BCUT2D eigenvalue weighted by Gasteiger charge is 2.13. The van der Waals surface area contributed by atoms with Gasteiger partial charge in [-0.05, 0) is 13.3 Å². The summed E-state index contributed by atoms with van der Waals surface area (Å²) in [5.74, 6) is -0.203. The Labute approximate surface area is 87.5 Å². The molecule has 0 spiro atoms. The Bertz CT molecular complexity index is 167. The molecule has 0 aromatic rings. The highest BCUT2D eigenvalue weighted by molar-refractivity contribution is 5.94. The van der Waals surface area contributed by atoms with Crippen molar-refractivity contribution in [2.45, 2.75) is 53.9 Å². The van der Waals surface area contributed by atoms with Crippen molar-refractivity contribution in [3.05, 3.63) is 0 Å². The number of amides is 2. The molecule has 0 heterocycles. The zero-order chi connectivity index (χ0) is 11.6. The zero-order valence-electron chi connectivity index (χ0n) is 10.1. The Morgan fingerprint density at radius 3 is 1.93 bits per heavy atom. The molecule has 0 fully saturated rings. The summed E-state index contributed by atoms with van der Waals surface area (Å²) >= 11 is 0. The van der Waals surface area contributed by atoms with Crippen molar-refractivity contribution in [1.82, 2.24) is 4.90 Å². The summed E-state index contributed by atoms with van der Waals surface area (Å²) in [4.78, 5) is 23.5. The van der Waals surface area contributed by atoms with E-state index in [9.17, 15) is 9.59 Å². The molecule has 0 bridgehead atoms. The largest absolute Gasteiger partial charge is 0.283 e. The minimum atomic E-state index is -0.154. The molecule has 0 rings (SSSR count). The Hall–Kier alpha value is -0.860. The van der Waals surface area contributed by atoms with Gasteiger partial charge >= 0.3 is 0 Å². The van der Waals surface area contributed by atoms with Crippen LogP contribution in [0.25, 0.3) is 0 Å². The van der Waals surface area contributed by atoms with Gasteiger partial charge in [-0.2, -0.15) is 0 Å². The molecule has 0 aliphatic heterocycles. The van der Waals surface area contributed by atoms with Gasteiger partial charge in [0.25, 0.3) is 0 Å². The van der Waals surface area contributed by atoms with Crippen LogP contribution in [0.4, 0.5) is 0 Å². The fourth-order valence-corrected chi connectivity index (χ4v) is 1.04. The first-order chi connectivity index (χ1) is 6.63. The van der Waals surface area contributed by atoms with Crippen LogP contribution in [0.1, 0.15) is 53.9 Å². The van der Waals surface area contributed by atoms with E-state index in [1.165, 1.54) is 11.8 Å². The lowest BCUT2D eigenvalue weighted by atomic mass is 10.2. The first-order valence-corrected chi connectivity index (χ1v) is 5.44. The Kier molecular flexibility index (Phi) is 11.4. The van der Waals surface area contributed by atoms with E-state index in [0.29, 0.717) is 13.0 Å². The summed E-state index contributed by atoms with van der Waals surface area (Å²) in [6, 6.07) is 0. The molecule has 3 nitrogen and oxygen atoms in total. The monoisotopic (exact) mass is 201 g/mol. The van der Waals surface area contributed by atoms with E-state index in [-0.39, 0.29) is 11.8 Å². The topological polar surface area (TPSA) is 37.4 Å². The van der Waals surface area contributed by atoms with Crippen molar-refractivity contribution in [3.63, 3.8) is 0 Å². The molecule has 0 saturated carbocycles. The van der Waals surface area contributed by atoms with Crippen molar-refractivity contribution in [2.75, 3.05) is 6.54 Å². The highest BCUT2D eigenvalue weighted by Crippen LogP contribution is 2.00. The van der Waals surface area contributed by atoms with Crippen molar-refractivity contribution in [2.24, 2.45) is 0 Å². The van der Waals surface area contributed by atoms with E-state index in [1.54, 1.807) is 0 Å². The first kappa shape index (κ1) is 15.6. The number of hydrogen-bond acceptors (Lipinski definition) is 2. The summed E-state index contributed by atoms with van der Waals surface area (Å²) in [5, 5.41) is 0. The van der Waals surface area contributed by atoms with Crippen LogP contribution in [0.2, 0.25) is 0 Å². The van der Waals surface area contributed by atoms with Crippen LogP contribution in [-0.2, 0) is 9.59 Å². The average Bonchev–Trinajstić information content (AvgIpc) is 2.18. The lowest BCUT2D eigenvalue weighted by molar-refractivity contribution is -0.143. The minimum Gasteiger partial charge on any atom is -0.283 e. The second kappa shape index (κ2) is 10.2. The molecule has 0 aliphatic carbocycles. The maximum atomic E-state index is 11.3. The summed E-state index contributed by atoms with van der Waals surface area (Å²) in [7, 11) is 0. The predicted octanol–water partition coefficient (Wildman–Crippen LogP) is 2.60. The van der Waals surface area contributed by atoms with Gasteiger partial charge in [-0.1, -0.05) is 27.2 Å². The molecule has 0 atom stereocenters. The SMILES string of the molecule is CC.CCCCC(=O)N(CC)C(C)=O. The van der Waals surface area contributed by atoms with Gasteiger partial charge in [0.2, 0.25) is 11.8 Å². The molecular formula is C11H23NO2. The van der Waals surface area contributed by atoms with Crippen LogP contribution in [0.5, 0.6) is 0 Å². The first-order valence-electron chi connectivity index (χ1n) is 5.44. The van der Waals surface area contributed by atoms with E-state index in [0.717, 1.165) is 12.8 Å². The number of carbonyl (C=O) groups excluding carboxylic acids is 2. The average molecular weight is 201 g/mol. The Morgan fingerprint density at radius 2 is 1.64 bits per heavy atom. The lowest BCUT2D eigenvalue weighted by Crippen LogP contribution is -2.34. The molecule has 0 unspecified atom stereocenters. The number of carbonyl (C=O) groups is 2. The normalized spacial score (nSPS) is 8.64. The van der Waals surface area contributed by atoms with Crippen molar-refractivity contribution < 1.29 is 9.59 Å². The highest BCUT2D eigenvalue weighted by atomic mass is 16.2. The summed E-state index contributed by atoms with van der Waals surface area (Å²) in [6.45, 7) is 9.74. The number of nitrogens with zero attached hydrogens (tertiary/aromatic N) is 1. The third kappa shape index (κ3) is 6.63. The van der Waals surface area contributed by atoms with E-state index in [1.807, 2.05) is 27.7 Å². The van der Waals surface area contributed by atoms with E-state index < -0.39 is 0 Å². The number of imide groups is 1. The van der Waals surface area contributed by atoms with Crippen LogP contribution >= 0.6 is 0 Å². The van der Waals surface area contributed by atoms with Gasteiger partial charge in [-0.25, -0.2) is 0 Å². The number of hydrogen-bond donors (Lipinski definition) is 0. The molecule has 0 aromatic carbocycles. The van der Waals surface area contributed by atoms with Crippen molar-refractivity contribution >= 4 is 11.8 Å². The van der Waals surface area contributed by atoms with Crippen LogP contribution < -0.4 is 0 Å². The molecule has 0 radical (unpaired) electrons. The second-order valence-corrected chi connectivity index (χ2v) is 2.76. The molecule has 3 heteroatoms. The smallest absolute Gasteiger partial charge is 0.229 e. The van der Waals surface area contributed by atoms with Gasteiger partial charge < -0.3 is 0 Å². The van der Waals surface area contributed by atoms with E-state index in [4.69, 9.17) is 0 Å². The quantitative estimate of drug-likeness (QED) is 0.701. The number of unbranched alkanes of at least 4 members (excludes halogenated alkanes) is 1. The minimum absolute atomic E-state index is 0.0492. The fourth-order valence-electron chi connectivity index (χ4n) is 1.04. The maximum Gasteiger partial charge on any atom is 0.229 e. The zero-order valence-corrected chi connectivity index (χ0v) is 10.1.